The van der Waals surface area contributed by atoms with Crippen molar-refractivity contribution in [3.05, 3.63) is 0 Å². The number of rotatable bonds is 5. The summed E-state index contributed by atoms with van der Waals surface area (Å²) < 4.78 is 14.6. The van der Waals surface area contributed by atoms with Gasteiger partial charge in [0.1, 0.15) is 6.04 Å². The predicted molar refractivity (Wildman–Crippen MR) is 42.4 cm³/mol. The second kappa shape index (κ2) is 5.36. The third-order valence-electron chi connectivity index (χ3n) is 1.07. The number of carboxylic acid groups (broad SMARTS) is 1. The van der Waals surface area contributed by atoms with Crippen molar-refractivity contribution in [3.8, 4) is 0 Å². The fourth-order valence-corrected chi connectivity index (χ4v) is 0.465. The van der Waals surface area contributed by atoms with Gasteiger partial charge in [-0.05, 0) is 12.8 Å². The van der Waals surface area contributed by atoms with Gasteiger partial charge >= 0.3 is 12.0 Å². The zero-order chi connectivity index (χ0) is 11.4. The molecule has 6 nitrogen and oxygen atoms in total. The van der Waals surface area contributed by atoms with E-state index in [1.165, 1.54) is 0 Å². The lowest BCUT2D eigenvalue weighted by molar-refractivity contribution is -0.138. The standard InChI is InChI=1S/C6H13N3O3/c7-4(5(10)11)2-1-3-9-6(8)12/h4H,1-3,7H2,(H,10,11)(H3,8,9,12)/t4-/m0/s1/i1D2. The topological polar surface area (TPSA) is 118 Å². The molecule has 0 aliphatic heterocycles. The van der Waals surface area contributed by atoms with Gasteiger partial charge in [0.05, 0.1) is 0 Å². The summed E-state index contributed by atoms with van der Waals surface area (Å²) >= 11 is 0. The van der Waals surface area contributed by atoms with Crippen LogP contribution < -0.4 is 16.8 Å². The minimum absolute atomic E-state index is 0.358. The smallest absolute Gasteiger partial charge is 0.320 e. The average molecular weight is 177 g/mol. The quantitative estimate of drug-likeness (QED) is 0.423. The molecule has 0 aromatic rings. The molecule has 0 aliphatic carbocycles. The molecule has 0 fully saturated rings. The molecule has 6 heteroatoms. The molecule has 0 rings (SSSR count). The fourth-order valence-electron chi connectivity index (χ4n) is 0.465. The largest absolute Gasteiger partial charge is 0.480 e. The van der Waals surface area contributed by atoms with Gasteiger partial charge in [-0.25, -0.2) is 4.79 Å². The second-order valence-corrected chi connectivity index (χ2v) is 2.12. The van der Waals surface area contributed by atoms with Crippen LogP contribution in [0.5, 0.6) is 0 Å². The molecule has 0 bridgehead atoms. The number of primary amides is 1. The summed E-state index contributed by atoms with van der Waals surface area (Å²) in [4.78, 5) is 20.6. The number of hydrogen-bond donors (Lipinski definition) is 4. The monoisotopic (exact) mass is 177 g/mol. The Bertz CT molecular complexity index is 234. The molecule has 0 spiro atoms. The average Bonchev–Trinajstić information content (AvgIpc) is 2.00. The number of hydrogen-bond acceptors (Lipinski definition) is 3. The molecular formula is C6H13N3O3. The molecule has 0 saturated heterocycles. The highest BCUT2D eigenvalue weighted by Crippen LogP contribution is 1.92. The van der Waals surface area contributed by atoms with Crippen LogP contribution in [0.3, 0.4) is 0 Å². The van der Waals surface area contributed by atoms with Crippen LogP contribution in [-0.2, 0) is 4.79 Å². The van der Waals surface area contributed by atoms with Crippen molar-refractivity contribution in [3.63, 3.8) is 0 Å². The number of carbonyl (C=O) groups excluding carboxylic acids is 1. The lowest BCUT2D eigenvalue weighted by Gasteiger charge is -2.05. The molecule has 0 aliphatic rings. The van der Waals surface area contributed by atoms with E-state index in [4.69, 9.17) is 19.3 Å². The number of urea groups is 1. The molecule has 0 radical (unpaired) electrons. The van der Waals surface area contributed by atoms with Crippen LogP contribution >= 0.6 is 0 Å². The summed E-state index contributed by atoms with van der Waals surface area (Å²) in [5, 5.41) is 10.5. The Labute approximate surface area is 72.7 Å². The van der Waals surface area contributed by atoms with Crippen molar-refractivity contribution in [1.29, 1.82) is 0 Å². The van der Waals surface area contributed by atoms with Crippen molar-refractivity contribution in [2.75, 3.05) is 6.54 Å². The zero-order valence-electron chi connectivity index (χ0n) is 8.41. The first-order valence-corrected chi connectivity index (χ1v) is 3.26. The van der Waals surface area contributed by atoms with Crippen molar-refractivity contribution >= 4 is 12.0 Å². The van der Waals surface area contributed by atoms with Crippen molar-refractivity contribution in [1.82, 2.24) is 5.32 Å². The summed E-state index contributed by atoms with van der Waals surface area (Å²) in [6.45, 7) is -0.358. The highest BCUT2D eigenvalue weighted by atomic mass is 16.4. The first kappa shape index (κ1) is 7.35. The summed E-state index contributed by atoms with van der Waals surface area (Å²) in [7, 11) is 0. The van der Waals surface area contributed by atoms with Crippen LogP contribution in [0.25, 0.3) is 0 Å². The van der Waals surface area contributed by atoms with E-state index in [2.05, 4.69) is 0 Å². The molecule has 0 aromatic heterocycles. The third kappa shape index (κ3) is 5.48. The van der Waals surface area contributed by atoms with E-state index in [1.807, 2.05) is 5.32 Å². The lowest BCUT2D eigenvalue weighted by atomic mass is 10.2. The summed E-state index contributed by atoms with van der Waals surface area (Å²) in [5.74, 6) is -1.28. The lowest BCUT2D eigenvalue weighted by Crippen LogP contribution is -2.33. The number of carbonyl (C=O) groups is 2. The second-order valence-electron chi connectivity index (χ2n) is 2.12. The fraction of sp³-hybridized carbons (Fsp3) is 0.667. The maximum absolute atomic E-state index is 10.3. The van der Waals surface area contributed by atoms with Gasteiger partial charge in [-0.15, -0.1) is 0 Å². The van der Waals surface area contributed by atoms with Crippen molar-refractivity contribution in [2.45, 2.75) is 18.8 Å². The van der Waals surface area contributed by atoms with Gasteiger partial charge in [0.15, 0.2) is 0 Å². The Morgan fingerprint density at radius 1 is 1.67 bits per heavy atom. The molecule has 1 atom stereocenters. The first-order chi connectivity index (χ1) is 6.24. The third-order valence-corrected chi connectivity index (χ3v) is 1.07. The molecular weight excluding hydrogens is 162 g/mol. The maximum atomic E-state index is 10.3. The van der Waals surface area contributed by atoms with Crippen molar-refractivity contribution < 1.29 is 17.4 Å². The van der Waals surface area contributed by atoms with Crippen LogP contribution in [-0.4, -0.2) is 29.7 Å². The van der Waals surface area contributed by atoms with E-state index in [9.17, 15) is 9.59 Å². The van der Waals surface area contributed by atoms with E-state index in [1.54, 1.807) is 0 Å². The Morgan fingerprint density at radius 3 is 2.67 bits per heavy atom. The van der Waals surface area contributed by atoms with Crippen LogP contribution in [0.15, 0.2) is 0 Å². The van der Waals surface area contributed by atoms with E-state index in [0.717, 1.165) is 0 Å². The van der Waals surface area contributed by atoms with E-state index >= 15 is 0 Å². The van der Waals surface area contributed by atoms with E-state index in [-0.39, 0.29) is 13.0 Å². The molecule has 0 aromatic carbocycles. The Balaban J connectivity index is 4.06. The van der Waals surface area contributed by atoms with Crippen LogP contribution in [0.2, 0.25) is 0 Å². The molecule has 2 amide bonds. The number of nitrogens with one attached hydrogen (secondary N) is 1. The summed E-state index contributed by atoms with van der Waals surface area (Å²) in [6.07, 6.45) is -2.27. The molecule has 0 saturated carbocycles. The highest BCUT2D eigenvalue weighted by molar-refractivity contribution is 5.73. The van der Waals surface area contributed by atoms with Gasteiger partial charge in [-0.3, -0.25) is 4.79 Å². The maximum Gasteiger partial charge on any atom is 0.320 e. The normalized spacial score (nSPS) is 15.8. The molecule has 70 valence electrons. The molecule has 0 unspecified atom stereocenters. The molecule has 0 heterocycles. The predicted octanol–water partition coefficient (Wildman–Crippen LogP) is -1.15. The zero-order valence-corrected chi connectivity index (χ0v) is 6.41. The van der Waals surface area contributed by atoms with Gasteiger partial charge in [0, 0.05) is 9.29 Å². The number of nitrogens with two attached hydrogens (primary N) is 2. The summed E-state index contributed by atoms with van der Waals surface area (Å²) in [6, 6.07) is -2.16. The van der Waals surface area contributed by atoms with E-state index < -0.39 is 24.4 Å². The molecule has 12 heavy (non-hydrogen) atoms. The van der Waals surface area contributed by atoms with Crippen LogP contribution in [0.1, 0.15) is 15.5 Å². The van der Waals surface area contributed by atoms with Crippen LogP contribution in [0, 0.1) is 0 Å². The van der Waals surface area contributed by atoms with Crippen molar-refractivity contribution in [2.24, 2.45) is 11.5 Å². The number of carboxylic acids is 1. The van der Waals surface area contributed by atoms with Gasteiger partial charge in [0.25, 0.3) is 0 Å². The number of aliphatic carboxylic acids is 1. The minimum atomic E-state index is -1.88. The van der Waals surface area contributed by atoms with Gasteiger partial charge in [0.2, 0.25) is 0 Å². The minimum Gasteiger partial charge on any atom is -0.480 e. The van der Waals surface area contributed by atoms with E-state index in [0.29, 0.717) is 0 Å². The molecule has 6 N–H and O–H groups in total. The summed E-state index contributed by atoms with van der Waals surface area (Å²) in [5.41, 5.74) is 9.85. The SMILES string of the molecule is [2H]C([2H])(CNC(N)=O)C[C@H](N)C(=O)O. The highest BCUT2D eigenvalue weighted by Gasteiger charge is 2.09. The van der Waals surface area contributed by atoms with Gasteiger partial charge < -0.3 is 21.9 Å². The Morgan fingerprint density at radius 2 is 2.25 bits per heavy atom. The van der Waals surface area contributed by atoms with Gasteiger partial charge in [-0.1, -0.05) is 0 Å². The van der Waals surface area contributed by atoms with Crippen LogP contribution in [0.4, 0.5) is 4.79 Å². The number of amides is 2. The van der Waals surface area contributed by atoms with Gasteiger partial charge in [-0.2, -0.15) is 0 Å². The first-order valence-electron chi connectivity index (χ1n) is 4.26. The Kier molecular flexibility index (Phi) is 3.29. The Hall–Kier alpha value is -1.30.